The molecule has 1 saturated heterocycles. The van der Waals surface area contributed by atoms with Gasteiger partial charge in [-0.3, -0.25) is 14.2 Å². The first-order chi connectivity index (χ1) is 12.3. The van der Waals surface area contributed by atoms with Crippen molar-refractivity contribution in [1.82, 2.24) is 14.0 Å². The molecule has 1 aromatic heterocycles. The monoisotopic (exact) mass is 380 g/mol. The summed E-state index contributed by atoms with van der Waals surface area (Å²) in [5, 5.41) is 9.14. The number of hydrogen-bond acceptors (Lipinski definition) is 6. The van der Waals surface area contributed by atoms with Crippen molar-refractivity contribution in [3.05, 3.63) is 32.6 Å². The first kappa shape index (κ1) is 18.4. The molecule has 26 heavy (non-hydrogen) atoms. The van der Waals surface area contributed by atoms with Crippen molar-refractivity contribution in [2.24, 2.45) is 0 Å². The lowest BCUT2D eigenvalue weighted by Crippen LogP contribution is -2.48. The van der Waals surface area contributed by atoms with Crippen LogP contribution in [0.3, 0.4) is 0 Å². The smallest absolute Gasteiger partial charge is 0.331 e. The predicted octanol–water partition coefficient (Wildman–Crippen LogP) is -0.748. The first-order valence-electron chi connectivity index (χ1n) is 8.53. The lowest BCUT2D eigenvalue weighted by Gasteiger charge is -2.27. The average Bonchev–Trinajstić information content (AvgIpc) is 3.36. The predicted molar refractivity (Wildman–Crippen MR) is 92.4 cm³/mol. The summed E-state index contributed by atoms with van der Waals surface area (Å²) in [6, 6.07) is 1.28. The second-order valence-corrected chi connectivity index (χ2v) is 8.93. The van der Waals surface area contributed by atoms with Gasteiger partial charge in [0.1, 0.15) is 18.2 Å². The molecule has 0 N–H and O–H groups in total. The van der Waals surface area contributed by atoms with Gasteiger partial charge in [0.05, 0.1) is 11.5 Å². The van der Waals surface area contributed by atoms with Gasteiger partial charge in [-0.2, -0.15) is 5.26 Å². The Morgan fingerprint density at radius 1 is 1.35 bits per heavy atom. The second-order valence-electron chi connectivity index (χ2n) is 6.70. The number of rotatable bonds is 5. The van der Waals surface area contributed by atoms with E-state index in [4.69, 9.17) is 5.26 Å². The minimum absolute atomic E-state index is 0.0276. The number of hydrogen-bond donors (Lipinski definition) is 0. The van der Waals surface area contributed by atoms with Crippen LogP contribution in [0.25, 0.3) is 0 Å². The molecule has 0 spiro atoms. The van der Waals surface area contributed by atoms with Crippen molar-refractivity contribution in [3.8, 4) is 6.07 Å². The van der Waals surface area contributed by atoms with Gasteiger partial charge in [-0.25, -0.2) is 17.8 Å². The van der Waals surface area contributed by atoms with Crippen LogP contribution in [-0.4, -0.2) is 52.5 Å². The Morgan fingerprint density at radius 2 is 2.04 bits per heavy atom. The molecule has 140 valence electrons. The van der Waals surface area contributed by atoms with Crippen LogP contribution in [-0.2, 0) is 21.2 Å². The molecular formula is C16H20N4O5S. The van der Waals surface area contributed by atoms with E-state index in [1.165, 1.54) is 15.7 Å². The molecule has 2 heterocycles. The zero-order chi connectivity index (χ0) is 19.1. The third-order valence-electron chi connectivity index (χ3n) is 4.86. The Labute approximate surface area is 150 Å². The van der Waals surface area contributed by atoms with Crippen LogP contribution >= 0.6 is 0 Å². The average molecular weight is 380 g/mol. The second kappa shape index (κ2) is 6.72. The van der Waals surface area contributed by atoms with Crippen LogP contribution in [0.4, 0.5) is 0 Å². The Bertz CT molecular complexity index is 997. The molecule has 2 fully saturated rings. The zero-order valence-corrected chi connectivity index (χ0v) is 15.2. The van der Waals surface area contributed by atoms with Crippen LogP contribution in [0.2, 0.25) is 0 Å². The third-order valence-corrected chi connectivity index (χ3v) is 6.61. The van der Waals surface area contributed by atoms with Gasteiger partial charge < -0.3 is 4.90 Å². The highest BCUT2D eigenvalue weighted by atomic mass is 32.2. The molecule has 1 saturated carbocycles. The van der Waals surface area contributed by atoms with Gasteiger partial charge in [0.15, 0.2) is 9.84 Å². The van der Waals surface area contributed by atoms with Crippen LogP contribution in [0.5, 0.6) is 0 Å². The number of carbonyl (C=O) groups excluding carboxylic acids is 1. The molecule has 0 aromatic carbocycles. The summed E-state index contributed by atoms with van der Waals surface area (Å²) in [6.07, 6.45) is 3.18. The maximum absolute atomic E-state index is 12.7. The van der Waals surface area contributed by atoms with E-state index in [2.05, 4.69) is 0 Å². The molecule has 1 amide bonds. The fourth-order valence-electron chi connectivity index (χ4n) is 3.34. The summed E-state index contributed by atoms with van der Waals surface area (Å²) in [4.78, 5) is 39.0. The van der Waals surface area contributed by atoms with E-state index in [0.29, 0.717) is 6.42 Å². The van der Waals surface area contributed by atoms with Gasteiger partial charge >= 0.3 is 5.69 Å². The number of sulfone groups is 1. The zero-order valence-electron chi connectivity index (χ0n) is 14.4. The summed E-state index contributed by atoms with van der Waals surface area (Å²) in [5.74, 6) is -0.572. The largest absolute Gasteiger partial charge is 0.337 e. The molecule has 0 unspecified atom stereocenters. The number of carbonyl (C=O) groups is 1. The maximum Gasteiger partial charge on any atom is 0.331 e. The molecule has 2 aliphatic rings. The lowest BCUT2D eigenvalue weighted by atomic mass is 10.2. The summed E-state index contributed by atoms with van der Waals surface area (Å²) in [7, 11) is -3.16. The van der Waals surface area contributed by atoms with E-state index < -0.39 is 39.6 Å². The normalized spacial score (nSPS) is 21.3. The Hall–Kier alpha value is -2.41. The SMILES string of the molecule is CCN(C(=O)Cn1c(=O)c(C#N)cn(C2CC2)c1=O)[C@H]1CCS(=O)(=O)C1. The van der Waals surface area contributed by atoms with Gasteiger partial charge in [-0.1, -0.05) is 0 Å². The highest BCUT2D eigenvalue weighted by Crippen LogP contribution is 2.33. The van der Waals surface area contributed by atoms with Crippen molar-refractivity contribution in [2.45, 2.75) is 44.8 Å². The topological polar surface area (TPSA) is 122 Å². The number of likely N-dealkylation sites (N-methyl/N-ethyl adjacent to an activating group) is 1. The molecule has 0 bridgehead atoms. The highest BCUT2D eigenvalue weighted by molar-refractivity contribution is 7.91. The molecule has 0 radical (unpaired) electrons. The minimum Gasteiger partial charge on any atom is -0.337 e. The Morgan fingerprint density at radius 3 is 2.54 bits per heavy atom. The van der Waals surface area contributed by atoms with E-state index >= 15 is 0 Å². The Balaban J connectivity index is 1.91. The van der Waals surface area contributed by atoms with E-state index in [0.717, 1.165) is 17.4 Å². The van der Waals surface area contributed by atoms with Crippen molar-refractivity contribution in [1.29, 1.82) is 5.26 Å². The van der Waals surface area contributed by atoms with Crippen molar-refractivity contribution in [2.75, 3.05) is 18.1 Å². The maximum atomic E-state index is 12.7. The molecule has 9 nitrogen and oxygen atoms in total. The van der Waals surface area contributed by atoms with Gasteiger partial charge in [0.25, 0.3) is 5.56 Å². The van der Waals surface area contributed by atoms with Crippen LogP contribution in [0.15, 0.2) is 15.8 Å². The molecule has 1 aliphatic heterocycles. The van der Waals surface area contributed by atoms with E-state index in [-0.39, 0.29) is 29.7 Å². The van der Waals surface area contributed by atoms with E-state index in [9.17, 15) is 22.8 Å². The standard InChI is InChI=1S/C16H20N4O5S/c1-2-18(13-5-6-26(24,25)10-13)14(21)9-20-15(22)11(7-17)8-19(16(20)23)12-3-4-12/h8,12-13H,2-6,9-10H2,1H3/t13-/m0/s1. The van der Waals surface area contributed by atoms with Crippen LogP contribution in [0, 0.1) is 11.3 Å². The van der Waals surface area contributed by atoms with E-state index in [1.807, 2.05) is 0 Å². The number of nitriles is 1. The van der Waals surface area contributed by atoms with Crippen molar-refractivity contribution >= 4 is 15.7 Å². The van der Waals surface area contributed by atoms with Gasteiger partial charge in [-0.05, 0) is 26.2 Å². The number of nitrogens with zero attached hydrogens (tertiary/aromatic N) is 4. The van der Waals surface area contributed by atoms with E-state index in [1.54, 1.807) is 13.0 Å². The minimum atomic E-state index is -3.16. The molecule has 10 heteroatoms. The molecule has 1 atom stereocenters. The summed E-state index contributed by atoms with van der Waals surface area (Å²) in [6.45, 7) is 1.51. The van der Waals surface area contributed by atoms with Gasteiger partial charge in [-0.15, -0.1) is 0 Å². The molecule has 1 aliphatic carbocycles. The fourth-order valence-corrected chi connectivity index (χ4v) is 5.07. The lowest BCUT2D eigenvalue weighted by molar-refractivity contribution is -0.133. The Kier molecular flexibility index (Phi) is 4.75. The van der Waals surface area contributed by atoms with Crippen LogP contribution in [0.1, 0.15) is 37.8 Å². The molecule has 3 rings (SSSR count). The molecule has 1 aromatic rings. The van der Waals surface area contributed by atoms with Crippen LogP contribution < -0.4 is 11.2 Å². The van der Waals surface area contributed by atoms with Gasteiger partial charge in [0.2, 0.25) is 5.91 Å². The number of aromatic nitrogens is 2. The highest BCUT2D eigenvalue weighted by Gasteiger charge is 2.34. The third kappa shape index (κ3) is 3.44. The van der Waals surface area contributed by atoms with Crippen molar-refractivity contribution < 1.29 is 13.2 Å². The summed E-state index contributed by atoms with van der Waals surface area (Å²) >= 11 is 0. The fraction of sp³-hybridized carbons (Fsp3) is 0.625. The number of amides is 1. The first-order valence-corrected chi connectivity index (χ1v) is 10.4. The van der Waals surface area contributed by atoms with Crippen molar-refractivity contribution in [3.63, 3.8) is 0 Å². The quantitative estimate of drug-likeness (QED) is 0.662. The summed E-state index contributed by atoms with van der Waals surface area (Å²) in [5.41, 5.74) is -1.59. The van der Waals surface area contributed by atoms with Gasteiger partial charge in [0, 0.05) is 24.8 Å². The summed E-state index contributed by atoms with van der Waals surface area (Å²) < 4.78 is 25.5. The molecular weight excluding hydrogens is 360 g/mol.